The first-order valence-electron chi connectivity index (χ1n) is 9.26. The number of likely N-dealkylation sites (tertiary alicyclic amines) is 1. The van der Waals surface area contributed by atoms with Crippen LogP contribution in [-0.2, 0) is 16.1 Å². The fraction of sp³-hybridized carbons (Fsp3) is 0.333. The second kappa shape index (κ2) is 9.41. The van der Waals surface area contributed by atoms with Gasteiger partial charge in [0.2, 0.25) is 11.8 Å². The number of carbonyl (C=O) groups excluding carboxylic acids is 2. The average molecular weight is 420 g/mol. The minimum Gasteiger partial charge on any atom is -0.326 e. The molecule has 2 N–H and O–H groups in total. The van der Waals surface area contributed by atoms with Crippen LogP contribution >= 0.6 is 23.2 Å². The highest BCUT2D eigenvalue weighted by atomic mass is 35.5. The highest BCUT2D eigenvalue weighted by molar-refractivity contribution is 6.35. The van der Waals surface area contributed by atoms with E-state index < -0.39 is 0 Å². The lowest BCUT2D eigenvalue weighted by molar-refractivity contribution is -0.121. The smallest absolute Gasteiger partial charge is 0.227 e. The molecule has 7 heteroatoms. The van der Waals surface area contributed by atoms with E-state index in [2.05, 4.69) is 15.5 Å². The van der Waals surface area contributed by atoms with Gasteiger partial charge in [-0.3, -0.25) is 14.5 Å². The predicted molar refractivity (Wildman–Crippen MR) is 114 cm³/mol. The second-order valence-corrected chi connectivity index (χ2v) is 7.82. The summed E-state index contributed by atoms with van der Waals surface area (Å²) in [5.41, 5.74) is 2.28. The van der Waals surface area contributed by atoms with Crippen molar-refractivity contribution >= 4 is 46.4 Å². The lowest BCUT2D eigenvalue weighted by Gasteiger charge is -2.31. The summed E-state index contributed by atoms with van der Waals surface area (Å²) in [5.74, 6) is -0.174. The van der Waals surface area contributed by atoms with Crippen molar-refractivity contribution < 1.29 is 9.59 Å². The molecule has 0 spiro atoms. The molecule has 0 unspecified atom stereocenters. The summed E-state index contributed by atoms with van der Waals surface area (Å²) in [5, 5.41) is 7.02. The Balaban J connectivity index is 1.53. The number of amides is 2. The van der Waals surface area contributed by atoms with Gasteiger partial charge in [-0.25, -0.2) is 0 Å². The quantitative estimate of drug-likeness (QED) is 0.731. The zero-order valence-corrected chi connectivity index (χ0v) is 17.2. The van der Waals surface area contributed by atoms with Crippen LogP contribution in [0.4, 0.5) is 11.4 Å². The van der Waals surface area contributed by atoms with Crippen LogP contribution in [0.1, 0.15) is 25.3 Å². The number of carbonyl (C=O) groups is 2. The van der Waals surface area contributed by atoms with Crippen molar-refractivity contribution in [3.63, 3.8) is 0 Å². The Morgan fingerprint density at radius 2 is 1.57 bits per heavy atom. The van der Waals surface area contributed by atoms with Gasteiger partial charge in [0.1, 0.15) is 0 Å². The van der Waals surface area contributed by atoms with Gasteiger partial charge >= 0.3 is 0 Å². The van der Waals surface area contributed by atoms with Crippen LogP contribution in [0.2, 0.25) is 10.0 Å². The maximum Gasteiger partial charge on any atom is 0.227 e. The van der Waals surface area contributed by atoms with Crippen molar-refractivity contribution in [1.82, 2.24) is 4.90 Å². The van der Waals surface area contributed by atoms with E-state index in [0.717, 1.165) is 31.5 Å². The third kappa shape index (κ3) is 5.47. The molecule has 148 valence electrons. The molecule has 0 atom stereocenters. The standard InChI is InChI=1S/C21H23Cl2N3O2/c1-14(27)24-16-4-2-5-17(12-16)25-21(28)15-8-10-26(11-9-15)13-18-19(22)6-3-7-20(18)23/h2-7,12,15H,8-11,13H2,1H3,(H,24,27)(H,25,28). The Labute approximate surface area is 175 Å². The predicted octanol–water partition coefficient (Wildman–Crippen LogP) is 4.80. The third-order valence-electron chi connectivity index (χ3n) is 4.85. The highest BCUT2D eigenvalue weighted by Crippen LogP contribution is 2.28. The molecule has 1 aliphatic rings. The third-order valence-corrected chi connectivity index (χ3v) is 5.56. The van der Waals surface area contributed by atoms with Crippen LogP contribution in [0.3, 0.4) is 0 Å². The molecule has 1 fully saturated rings. The molecule has 3 rings (SSSR count). The number of anilines is 2. The van der Waals surface area contributed by atoms with E-state index in [-0.39, 0.29) is 17.7 Å². The first kappa shape index (κ1) is 20.6. The van der Waals surface area contributed by atoms with E-state index in [9.17, 15) is 9.59 Å². The van der Waals surface area contributed by atoms with Gasteiger partial charge in [-0.15, -0.1) is 0 Å². The fourth-order valence-electron chi connectivity index (χ4n) is 3.38. The Kier molecular flexibility index (Phi) is 6.94. The molecule has 0 saturated carbocycles. The number of halogens is 2. The molecule has 2 amide bonds. The maximum absolute atomic E-state index is 12.6. The number of benzene rings is 2. The number of hydrogen-bond donors (Lipinski definition) is 2. The number of hydrogen-bond acceptors (Lipinski definition) is 3. The van der Waals surface area contributed by atoms with Gasteiger partial charge in [-0.05, 0) is 56.3 Å². The van der Waals surface area contributed by atoms with Crippen molar-refractivity contribution in [3.05, 3.63) is 58.1 Å². The summed E-state index contributed by atoms with van der Waals surface area (Å²) < 4.78 is 0. The van der Waals surface area contributed by atoms with E-state index in [1.54, 1.807) is 18.2 Å². The van der Waals surface area contributed by atoms with E-state index in [1.807, 2.05) is 24.3 Å². The summed E-state index contributed by atoms with van der Waals surface area (Å²) in [6.45, 7) is 3.76. The topological polar surface area (TPSA) is 61.4 Å². The SMILES string of the molecule is CC(=O)Nc1cccc(NC(=O)C2CCN(Cc3c(Cl)cccc3Cl)CC2)c1. The maximum atomic E-state index is 12.6. The zero-order chi connectivity index (χ0) is 20.1. The van der Waals surface area contributed by atoms with E-state index in [1.165, 1.54) is 6.92 Å². The lowest BCUT2D eigenvalue weighted by Crippen LogP contribution is -2.37. The van der Waals surface area contributed by atoms with Gasteiger partial charge in [0.25, 0.3) is 0 Å². The first-order chi connectivity index (χ1) is 13.4. The molecule has 0 bridgehead atoms. The average Bonchev–Trinajstić information content (AvgIpc) is 2.65. The molecule has 0 radical (unpaired) electrons. The van der Waals surface area contributed by atoms with Crippen LogP contribution in [0.15, 0.2) is 42.5 Å². The summed E-state index contributed by atoms with van der Waals surface area (Å²) in [7, 11) is 0. The Morgan fingerprint density at radius 1 is 1.00 bits per heavy atom. The van der Waals surface area contributed by atoms with E-state index in [4.69, 9.17) is 23.2 Å². The minimum atomic E-state index is -0.144. The molecular weight excluding hydrogens is 397 g/mol. The summed E-state index contributed by atoms with van der Waals surface area (Å²) in [6.07, 6.45) is 1.55. The summed E-state index contributed by atoms with van der Waals surface area (Å²) >= 11 is 12.5. The molecular formula is C21H23Cl2N3O2. The molecule has 5 nitrogen and oxygen atoms in total. The number of rotatable bonds is 5. The van der Waals surface area contributed by atoms with Gasteiger partial charge in [-0.1, -0.05) is 35.3 Å². The fourth-order valence-corrected chi connectivity index (χ4v) is 3.90. The van der Waals surface area contributed by atoms with Gasteiger partial charge < -0.3 is 10.6 Å². The van der Waals surface area contributed by atoms with Crippen LogP contribution in [0, 0.1) is 5.92 Å². The molecule has 28 heavy (non-hydrogen) atoms. The van der Waals surface area contributed by atoms with Crippen LogP contribution in [-0.4, -0.2) is 29.8 Å². The number of piperidine rings is 1. The molecule has 1 saturated heterocycles. The van der Waals surface area contributed by atoms with Crippen molar-refractivity contribution in [2.24, 2.45) is 5.92 Å². The molecule has 2 aromatic rings. The van der Waals surface area contributed by atoms with Crippen LogP contribution in [0.25, 0.3) is 0 Å². The van der Waals surface area contributed by atoms with Gasteiger partial charge in [-0.2, -0.15) is 0 Å². The highest BCUT2D eigenvalue weighted by Gasteiger charge is 2.25. The normalized spacial score (nSPS) is 15.2. The Bertz CT molecular complexity index is 844. The monoisotopic (exact) mass is 419 g/mol. The zero-order valence-electron chi connectivity index (χ0n) is 15.7. The second-order valence-electron chi connectivity index (χ2n) is 7.00. The number of nitrogens with one attached hydrogen (secondary N) is 2. The van der Waals surface area contributed by atoms with E-state index in [0.29, 0.717) is 28.0 Å². The lowest BCUT2D eigenvalue weighted by atomic mass is 9.95. The molecule has 1 aliphatic heterocycles. The minimum absolute atomic E-state index is 0.00963. The van der Waals surface area contributed by atoms with Crippen LogP contribution < -0.4 is 10.6 Å². The largest absolute Gasteiger partial charge is 0.326 e. The summed E-state index contributed by atoms with van der Waals surface area (Å²) in [4.78, 5) is 26.1. The molecule has 0 aromatic heterocycles. The van der Waals surface area contributed by atoms with Crippen molar-refractivity contribution in [2.45, 2.75) is 26.3 Å². The van der Waals surface area contributed by atoms with E-state index >= 15 is 0 Å². The molecule has 1 heterocycles. The van der Waals surface area contributed by atoms with Gasteiger partial charge in [0.15, 0.2) is 0 Å². The van der Waals surface area contributed by atoms with Gasteiger partial charge in [0, 0.05) is 46.4 Å². The van der Waals surface area contributed by atoms with Crippen molar-refractivity contribution in [1.29, 1.82) is 0 Å². The van der Waals surface area contributed by atoms with Gasteiger partial charge in [0.05, 0.1) is 0 Å². The molecule has 2 aromatic carbocycles. The first-order valence-corrected chi connectivity index (χ1v) is 10.0. The van der Waals surface area contributed by atoms with Crippen molar-refractivity contribution in [3.8, 4) is 0 Å². The Morgan fingerprint density at radius 3 is 2.18 bits per heavy atom. The Hall–Kier alpha value is -2.08. The summed E-state index contributed by atoms with van der Waals surface area (Å²) in [6, 6.07) is 12.7. The van der Waals surface area contributed by atoms with Crippen LogP contribution in [0.5, 0.6) is 0 Å². The molecule has 0 aliphatic carbocycles. The number of nitrogens with zero attached hydrogens (tertiary/aromatic N) is 1. The van der Waals surface area contributed by atoms with Crippen molar-refractivity contribution in [2.75, 3.05) is 23.7 Å².